The molecule has 4 heterocycles. The molecule has 0 spiro atoms. The summed E-state index contributed by atoms with van der Waals surface area (Å²) in [5, 5.41) is 4.37. The van der Waals surface area contributed by atoms with E-state index in [2.05, 4.69) is 25.2 Å². The molecule has 1 aliphatic heterocycles. The van der Waals surface area contributed by atoms with E-state index in [9.17, 15) is 0 Å². The number of anilines is 2. The van der Waals surface area contributed by atoms with E-state index >= 15 is 0 Å². The molecule has 3 aromatic rings. The van der Waals surface area contributed by atoms with Crippen molar-refractivity contribution in [1.82, 2.24) is 19.9 Å². The van der Waals surface area contributed by atoms with Crippen LogP contribution >= 0.6 is 34.7 Å². The third-order valence-corrected chi connectivity index (χ3v) is 8.57. The number of aromatic nitrogens is 4. The molecule has 1 aliphatic carbocycles. The second-order valence-corrected chi connectivity index (χ2v) is 9.74. The van der Waals surface area contributed by atoms with Gasteiger partial charge in [-0.25, -0.2) is 19.9 Å². The molecular formula is C19H20ClN7S2. The summed E-state index contributed by atoms with van der Waals surface area (Å²) in [5.41, 5.74) is 14.1. The van der Waals surface area contributed by atoms with Gasteiger partial charge in [0, 0.05) is 47.2 Å². The fourth-order valence-electron chi connectivity index (χ4n) is 4.36. The van der Waals surface area contributed by atoms with Gasteiger partial charge in [-0.1, -0.05) is 11.6 Å². The van der Waals surface area contributed by atoms with Gasteiger partial charge in [-0.15, -0.1) is 11.3 Å². The van der Waals surface area contributed by atoms with Crippen LogP contribution in [0.3, 0.4) is 0 Å². The number of nitrogens with zero attached hydrogens (tertiary/aromatic N) is 5. The Kier molecular flexibility index (Phi) is 4.65. The Bertz CT molecular complexity index is 1040. The molecule has 1 saturated heterocycles. The van der Waals surface area contributed by atoms with E-state index in [0.29, 0.717) is 34.4 Å². The Morgan fingerprint density at radius 2 is 2.00 bits per heavy atom. The highest BCUT2D eigenvalue weighted by Crippen LogP contribution is 2.63. The third-order valence-electron chi connectivity index (χ3n) is 5.95. The van der Waals surface area contributed by atoms with Crippen molar-refractivity contribution >= 4 is 46.2 Å². The molecule has 5 rings (SSSR count). The van der Waals surface area contributed by atoms with Gasteiger partial charge in [-0.3, -0.25) is 0 Å². The molecule has 10 heteroatoms. The van der Waals surface area contributed by atoms with Crippen molar-refractivity contribution in [1.29, 1.82) is 0 Å². The van der Waals surface area contributed by atoms with Crippen LogP contribution in [0.15, 0.2) is 40.1 Å². The Morgan fingerprint density at radius 3 is 2.62 bits per heavy atom. The van der Waals surface area contributed by atoms with Gasteiger partial charge < -0.3 is 16.4 Å². The van der Waals surface area contributed by atoms with Gasteiger partial charge in [-0.2, -0.15) is 0 Å². The van der Waals surface area contributed by atoms with Gasteiger partial charge in [0.25, 0.3) is 0 Å². The normalized spacial score (nSPS) is 25.3. The molecule has 3 aromatic heterocycles. The Hall–Kier alpha value is -1.94. The van der Waals surface area contributed by atoms with Crippen molar-refractivity contribution in [2.45, 2.75) is 22.4 Å². The molecule has 2 fully saturated rings. The maximum atomic E-state index is 6.20. The summed E-state index contributed by atoms with van der Waals surface area (Å²) in [5.74, 6) is 1.40. The first-order chi connectivity index (χ1) is 14.0. The highest BCUT2D eigenvalue weighted by atomic mass is 35.5. The van der Waals surface area contributed by atoms with E-state index in [1.807, 2.05) is 19.3 Å². The minimum atomic E-state index is 0.0596. The first-order valence-electron chi connectivity index (χ1n) is 9.30. The molecule has 150 valence electrons. The first-order valence-corrected chi connectivity index (χ1v) is 11.4. The molecule has 7 nitrogen and oxygen atoms in total. The fourth-order valence-corrected chi connectivity index (χ4v) is 6.46. The van der Waals surface area contributed by atoms with Gasteiger partial charge in [0.1, 0.15) is 10.8 Å². The summed E-state index contributed by atoms with van der Waals surface area (Å²) in [6.07, 6.45) is 5.37. The van der Waals surface area contributed by atoms with Crippen molar-refractivity contribution in [2.24, 2.45) is 17.6 Å². The summed E-state index contributed by atoms with van der Waals surface area (Å²) >= 11 is 9.32. The Balaban J connectivity index is 1.28. The second kappa shape index (κ2) is 7.09. The van der Waals surface area contributed by atoms with Gasteiger partial charge in [0.15, 0.2) is 5.16 Å². The molecular weight excluding hydrogens is 426 g/mol. The number of hydrogen-bond donors (Lipinski definition) is 2. The van der Waals surface area contributed by atoms with Crippen LogP contribution in [0.1, 0.15) is 10.7 Å². The van der Waals surface area contributed by atoms with Crippen molar-refractivity contribution in [3.05, 3.63) is 45.8 Å². The number of nitrogen functional groups attached to an aromatic ring is 1. The minimum Gasteiger partial charge on any atom is -0.382 e. The lowest BCUT2D eigenvalue weighted by Gasteiger charge is -2.26. The van der Waals surface area contributed by atoms with Gasteiger partial charge in [0.05, 0.1) is 23.1 Å². The lowest BCUT2D eigenvalue weighted by Crippen LogP contribution is -2.35. The lowest BCUT2D eigenvalue weighted by atomic mass is 10.0. The predicted molar refractivity (Wildman–Crippen MR) is 117 cm³/mol. The average Bonchev–Trinajstić information content (AvgIpc) is 3.07. The summed E-state index contributed by atoms with van der Waals surface area (Å²) in [6.45, 7) is 4.62. The van der Waals surface area contributed by atoms with Crippen molar-refractivity contribution < 1.29 is 0 Å². The molecule has 3 atom stereocenters. The zero-order valence-electron chi connectivity index (χ0n) is 15.7. The molecule has 4 N–H and O–H groups in total. The zero-order chi connectivity index (χ0) is 20.2. The highest BCUT2D eigenvalue weighted by Gasteiger charge is 2.69. The number of piperidine rings is 1. The lowest BCUT2D eigenvalue weighted by molar-refractivity contribution is 0.550. The number of hydrogen-bond acceptors (Lipinski definition) is 9. The SMILES string of the molecule is Cc1csc(C2(CN)[C@@H]3CN(c4cnc(Sc5ccnc(N)c5Cl)nc4)C[C@@H]32)n1. The number of rotatable bonds is 5. The zero-order valence-corrected chi connectivity index (χ0v) is 18.1. The van der Waals surface area contributed by atoms with Crippen LogP contribution < -0.4 is 16.4 Å². The summed E-state index contributed by atoms with van der Waals surface area (Å²) in [4.78, 5) is 20.8. The van der Waals surface area contributed by atoms with Gasteiger partial charge in [0.2, 0.25) is 0 Å². The smallest absolute Gasteiger partial charge is 0.192 e. The standard InChI is InChI=1S/C19H20ClN7S2/c1-10-8-28-17(26-10)19(9-21)12-6-27(7-13(12)19)11-4-24-18(25-5-11)29-14-2-3-23-16(22)15(14)20/h2-5,8,12-13H,6-7,9,21H2,1H3,(H2,22,23)/t12-,13+,19?. The molecule has 1 unspecified atom stereocenters. The molecule has 0 radical (unpaired) electrons. The number of nitrogens with two attached hydrogens (primary N) is 2. The van der Waals surface area contributed by atoms with Crippen LogP contribution in [0.25, 0.3) is 0 Å². The molecule has 0 bridgehead atoms. The maximum absolute atomic E-state index is 6.20. The largest absolute Gasteiger partial charge is 0.382 e. The van der Waals surface area contributed by atoms with E-state index in [1.165, 1.54) is 16.8 Å². The van der Waals surface area contributed by atoms with Crippen molar-refractivity contribution in [3.63, 3.8) is 0 Å². The fraction of sp³-hybridized carbons (Fsp3) is 0.368. The summed E-state index contributed by atoms with van der Waals surface area (Å²) in [6, 6.07) is 1.81. The minimum absolute atomic E-state index is 0.0596. The third kappa shape index (κ3) is 3.07. The van der Waals surface area contributed by atoms with Crippen molar-refractivity contribution in [2.75, 3.05) is 30.3 Å². The number of thiazole rings is 1. The highest BCUT2D eigenvalue weighted by molar-refractivity contribution is 7.99. The first kappa shape index (κ1) is 19.0. The van der Waals surface area contributed by atoms with E-state index in [0.717, 1.165) is 29.4 Å². The van der Waals surface area contributed by atoms with Gasteiger partial charge in [-0.05, 0) is 36.6 Å². The van der Waals surface area contributed by atoms with Crippen LogP contribution in [-0.4, -0.2) is 39.6 Å². The number of fused-ring (bicyclic) bond motifs is 1. The monoisotopic (exact) mass is 445 g/mol. The Labute approximate surface area is 181 Å². The topological polar surface area (TPSA) is 107 Å². The maximum Gasteiger partial charge on any atom is 0.192 e. The predicted octanol–water partition coefficient (Wildman–Crippen LogP) is 2.99. The molecule has 2 aliphatic rings. The number of pyridine rings is 1. The number of aryl methyl sites for hydroxylation is 1. The molecule has 1 saturated carbocycles. The van der Waals surface area contributed by atoms with Crippen LogP contribution in [0, 0.1) is 18.8 Å². The van der Waals surface area contributed by atoms with Crippen LogP contribution in [0.5, 0.6) is 0 Å². The van der Waals surface area contributed by atoms with E-state index in [1.54, 1.807) is 23.6 Å². The van der Waals surface area contributed by atoms with Crippen LogP contribution in [0.4, 0.5) is 11.5 Å². The van der Waals surface area contributed by atoms with Crippen molar-refractivity contribution in [3.8, 4) is 0 Å². The molecule has 29 heavy (non-hydrogen) atoms. The van der Waals surface area contributed by atoms with Gasteiger partial charge >= 0.3 is 0 Å². The van der Waals surface area contributed by atoms with E-state index < -0.39 is 0 Å². The molecule has 0 aromatic carbocycles. The summed E-state index contributed by atoms with van der Waals surface area (Å²) < 4.78 is 0. The van der Waals surface area contributed by atoms with Crippen LogP contribution in [0.2, 0.25) is 5.02 Å². The number of halogens is 1. The quantitative estimate of drug-likeness (QED) is 0.577. The van der Waals surface area contributed by atoms with Crippen LogP contribution in [-0.2, 0) is 5.41 Å². The summed E-state index contributed by atoms with van der Waals surface area (Å²) in [7, 11) is 0. The molecule has 0 amide bonds. The second-order valence-electron chi connectivity index (χ2n) is 7.49. The average molecular weight is 446 g/mol. The van der Waals surface area contributed by atoms with E-state index in [-0.39, 0.29) is 5.41 Å². The Morgan fingerprint density at radius 1 is 1.28 bits per heavy atom. The van der Waals surface area contributed by atoms with E-state index in [4.69, 9.17) is 28.1 Å².